The normalized spacial score (nSPS) is 20.6. The van der Waals surface area contributed by atoms with E-state index in [4.69, 9.17) is 0 Å². The Morgan fingerprint density at radius 2 is 2.00 bits per heavy atom. The van der Waals surface area contributed by atoms with Gasteiger partial charge in [-0.1, -0.05) is 24.3 Å². The third-order valence-corrected chi connectivity index (χ3v) is 6.05. The van der Waals surface area contributed by atoms with Crippen molar-refractivity contribution in [2.45, 2.75) is 30.7 Å². The van der Waals surface area contributed by atoms with E-state index in [-0.39, 0.29) is 10.8 Å². The largest absolute Gasteiger partial charge is 0.343 e. The fourth-order valence-electron chi connectivity index (χ4n) is 3.54. The van der Waals surface area contributed by atoms with E-state index in [9.17, 15) is 13.2 Å². The topological polar surface area (TPSA) is 78.8 Å². The fourth-order valence-corrected chi connectivity index (χ4v) is 4.75. The Kier molecular flexibility index (Phi) is 4.03. The number of nitrogens with one attached hydrogen (secondary N) is 1. The molecular weight excluding hydrogens is 350 g/mol. The molecule has 0 spiro atoms. The number of benzene rings is 2. The van der Waals surface area contributed by atoms with Gasteiger partial charge in [0.15, 0.2) is 5.84 Å². The highest BCUT2D eigenvalue weighted by Crippen LogP contribution is 2.31. The molecule has 1 amide bonds. The third kappa shape index (κ3) is 2.88. The maximum atomic E-state index is 12.8. The molecule has 1 unspecified atom stereocenters. The number of hydrogen-bond acceptors (Lipinski definition) is 4. The molecule has 2 aromatic carbocycles. The summed E-state index contributed by atoms with van der Waals surface area (Å²) in [6.07, 6.45) is 1.48. The van der Waals surface area contributed by atoms with Gasteiger partial charge in [-0.05, 0) is 49.6 Å². The van der Waals surface area contributed by atoms with Crippen LogP contribution in [-0.4, -0.2) is 37.6 Å². The highest BCUT2D eigenvalue weighted by molar-refractivity contribution is 7.90. The van der Waals surface area contributed by atoms with Gasteiger partial charge >= 0.3 is 0 Å². The Bertz CT molecular complexity index is 1010. The van der Waals surface area contributed by atoms with Crippen molar-refractivity contribution in [3.05, 3.63) is 59.7 Å². The zero-order valence-corrected chi connectivity index (χ0v) is 15.2. The predicted octanol–water partition coefficient (Wildman–Crippen LogP) is 2.55. The second kappa shape index (κ2) is 6.25. The number of likely N-dealkylation sites (tertiary alicyclic amines) is 1. The van der Waals surface area contributed by atoms with Gasteiger partial charge in [0.05, 0.1) is 0 Å². The molecule has 134 valence electrons. The molecule has 6 nitrogen and oxygen atoms in total. The first kappa shape index (κ1) is 16.8. The number of amides is 1. The Morgan fingerprint density at radius 3 is 2.81 bits per heavy atom. The number of amidine groups is 1. The summed E-state index contributed by atoms with van der Waals surface area (Å²) in [5, 5.41) is 2.94. The summed E-state index contributed by atoms with van der Waals surface area (Å²) < 4.78 is 28.6. The molecule has 1 N–H and O–H groups in total. The second-order valence-corrected chi connectivity index (χ2v) is 8.17. The lowest BCUT2D eigenvalue weighted by molar-refractivity contribution is -0.119. The SMILES string of the molecule is Cc1cccc(NC(=O)C2CCCN2C2=NS(=O)(=O)c3ccccc32)c1. The number of hydrogen-bond donors (Lipinski definition) is 1. The van der Waals surface area contributed by atoms with Crippen LogP contribution in [0.15, 0.2) is 57.8 Å². The van der Waals surface area contributed by atoms with Crippen molar-refractivity contribution < 1.29 is 13.2 Å². The smallest absolute Gasteiger partial charge is 0.285 e. The van der Waals surface area contributed by atoms with E-state index >= 15 is 0 Å². The van der Waals surface area contributed by atoms with Crippen molar-refractivity contribution in [1.29, 1.82) is 0 Å². The molecule has 2 aromatic rings. The average molecular weight is 369 g/mol. The standard InChI is InChI=1S/C19H19N3O3S/c1-13-6-4-7-14(12-13)20-19(23)16-9-5-11-22(16)18-15-8-2-3-10-17(15)26(24,25)21-18/h2-4,6-8,10,12,16H,5,9,11H2,1H3,(H,20,23). The summed E-state index contributed by atoms with van der Waals surface area (Å²) in [5.41, 5.74) is 2.37. The van der Waals surface area contributed by atoms with Crippen LogP contribution in [0.2, 0.25) is 0 Å². The average Bonchev–Trinajstić information content (AvgIpc) is 3.18. The highest BCUT2D eigenvalue weighted by atomic mass is 32.2. The number of anilines is 1. The fraction of sp³-hybridized carbons (Fsp3) is 0.263. The molecule has 0 bridgehead atoms. The Morgan fingerprint density at radius 1 is 1.19 bits per heavy atom. The number of nitrogens with zero attached hydrogens (tertiary/aromatic N) is 2. The van der Waals surface area contributed by atoms with Crippen LogP contribution in [0.25, 0.3) is 0 Å². The minimum absolute atomic E-state index is 0.141. The van der Waals surface area contributed by atoms with Crippen molar-refractivity contribution >= 4 is 27.5 Å². The van der Waals surface area contributed by atoms with Crippen LogP contribution in [0.1, 0.15) is 24.0 Å². The van der Waals surface area contributed by atoms with Crippen LogP contribution >= 0.6 is 0 Å². The number of aryl methyl sites for hydroxylation is 1. The Balaban J connectivity index is 1.63. The van der Waals surface area contributed by atoms with Crippen molar-refractivity contribution in [3.8, 4) is 0 Å². The predicted molar refractivity (Wildman–Crippen MR) is 99.7 cm³/mol. The molecule has 1 fully saturated rings. The molecule has 0 aromatic heterocycles. The molecule has 1 atom stereocenters. The van der Waals surface area contributed by atoms with E-state index in [2.05, 4.69) is 9.71 Å². The maximum Gasteiger partial charge on any atom is 0.285 e. The number of carbonyl (C=O) groups is 1. The first-order valence-corrected chi connectivity index (χ1v) is 9.98. The van der Waals surface area contributed by atoms with Gasteiger partial charge < -0.3 is 10.2 Å². The van der Waals surface area contributed by atoms with E-state index in [1.807, 2.05) is 36.1 Å². The number of fused-ring (bicyclic) bond motifs is 1. The minimum atomic E-state index is -3.69. The van der Waals surface area contributed by atoms with E-state index in [1.165, 1.54) is 0 Å². The van der Waals surface area contributed by atoms with Crippen molar-refractivity contribution in [1.82, 2.24) is 4.90 Å². The minimum Gasteiger partial charge on any atom is -0.343 e. The van der Waals surface area contributed by atoms with Crippen molar-refractivity contribution in [3.63, 3.8) is 0 Å². The monoisotopic (exact) mass is 369 g/mol. The Labute approximate surface area is 152 Å². The maximum absolute atomic E-state index is 12.8. The van der Waals surface area contributed by atoms with E-state index in [1.54, 1.807) is 24.3 Å². The summed E-state index contributed by atoms with van der Waals surface area (Å²) in [6, 6.07) is 13.9. The molecule has 2 heterocycles. The zero-order chi connectivity index (χ0) is 18.3. The second-order valence-electron chi connectivity index (χ2n) is 6.60. The van der Waals surface area contributed by atoms with Crippen LogP contribution in [0.5, 0.6) is 0 Å². The summed E-state index contributed by atoms with van der Waals surface area (Å²) in [7, 11) is -3.69. The van der Waals surface area contributed by atoms with Gasteiger partial charge in [-0.2, -0.15) is 8.42 Å². The Hall–Kier alpha value is -2.67. The first-order chi connectivity index (χ1) is 12.5. The highest BCUT2D eigenvalue weighted by Gasteiger charge is 2.39. The van der Waals surface area contributed by atoms with E-state index in [0.29, 0.717) is 24.4 Å². The van der Waals surface area contributed by atoms with Crippen LogP contribution < -0.4 is 5.32 Å². The van der Waals surface area contributed by atoms with Gasteiger partial charge in [0.2, 0.25) is 5.91 Å². The molecule has 2 aliphatic heterocycles. The van der Waals surface area contributed by atoms with Crippen molar-refractivity contribution in [2.24, 2.45) is 4.40 Å². The van der Waals surface area contributed by atoms with Gasteiger partial charge in [0.25, 0.3) is 10.0 Å². The van der Waals surface area contributed by atoms with Crippen LogP contribution in [0.4, 0.5) is 5.69 Å². The molecule has 1 saturated heterocycles. The quantitative estimate of drug-likeness (QED) is 0.882. The molecule has 4 rings (SSSR count). The summed E-state index contributed by atoms with van der Waals surface area (Å²) in [4.78, 5) is 14.8. The lowest BCUT2D eigenvalue weighted by Gasteiger charge is -2.25. The van der Waals surface area contributed by atoms with Gasteiger partial charge in [-0.15, -0.1) is 4.40 Å². The molecule has 0 saturated carbocycles. The molecule has 0 aliphatic carbocycles. The zero-order valence-electron chi connectivity index (χ0n) is 14.3. The number of sulfonamides is 1. The van der Waals surface area contributed by atoms with E-state index < -0.39 is 16.1 Å². The molecular formula is C19H19N3O3S. The van der Waals surface area contributed by atoms with Crippen LogP contribution in [-0.2, 0) is 14.8 Å². The van der Waals surface area contributed by atoms with Crippen LogP contribution in [0, 0.1) is 6.92 Å². The lowest BCUT2D eigenvalue weighted by atomic mass is 10.1. The van der Waals surface area contributed by atoms with Crippen LogP contribution in [0.3, 0.4) is 0 Å². The summed E-state index contributed by atoms with van der Waals surface area (Å²) in [5.74, 6) is 0.236. The summed E-state index contributed by atoms with van der Waals surface area (Å²) in [6.45, 7) is 2.57. The summed E-state index contributed by atoms with van der Waals surface area (Å²) >= 11 is 0. The number of carbonyl (C=O) groups excluding carboxylic acids is 1. The lowest BCUT2D eigenvalue weighted by Crippen LogP contribution is -2.43. The molecule has 0 radical (unpaired) electrons. The van der Waals surface area contributed by atoms with Gasteiger partial charge in [0, 0.05) is 17.8 Å². The third-order valence-electron chi connectivity index (χ3n) is 4.73. The van der Waals surface area contributed by atoms with Gasteiger partial charge in [0.1, 0.15) is 10.9 Å². The number of rotatable bonds is 2. The van der Waals surface area contributed by atoms with Gasteiger partial charge in [-0.25, -0.2) is 0 Å². The molecule has 2 aliphatic rings. The molecule has 26 heavy (non-hydrogen) atoms. The van der Waals surface area contributed by atoms with E-state index in [0.717, 1.165) is 17.7 Å². The first-order valence-electron chi connectivity index (χ1n) is 8.54. The van der Waals surface area contributed by atoms with Gasteiger partial charge in [-0.3, -0.25) is 4.79 Å². The molecule has 7 heteroatoms. The van der Waals surface area contributed by atoms with Crippen molar-refractivity contribution in [2.75, 3.05) is 11.9 Å².